The first-order chi connectivity index (χ1) is 15.6. The monoisotopic (exact) mass is 433 g/mol. The Hall–Kier alpha value is -3.16. The van der Waals surface area contributed by atoms with Crippen LogP contribution in [0.2, 0.25) is 0 Å². The van der Waals surface area contributed by atoms with Crippen LogP contribution in [0.4, 0.5) is 0 Å². The van der Waals surface area contributed by atoms with Crippen LogP contribution in [0.3, 0.4) is 0 Å². The Morgan fingerprint density at radius 1 is 1.09 bits per heavy atom. The Labute approximate surface area is 185 Å². The molecule has 164 valence electrons. The van der Waals surface area contributed by atoms with Gasteiger partial charge in [0.05, 0.1) is 44.9 Å². The van der Waals surface area contributed by atoms with Gasteiger partial charge in [0.25, 0.3) is 0 Å². The third-order valence-electron chi connectivity index (χ3n) is 7.14. The number of hydrogen-bond acceptors (Lipinski definition) is 7. The molecule has 0 radical (unpaired) electrons. The number of ether oxygens (including phenoxy) is 4. The van der Waals surface area contributed by atoms with Crippen LogP contribution < -0.4 is 9.47 Å². The van der Waals surface area contributed by atoms with Gasteiger partial charge in [0.1, 0.15) is 0 Å². The molecule has 0 N–H and O–H groups in total. The summed E-state index contributed by atoms with van der Waals surface area (Å²) in [5.41, 5.74) is 2.63. The van der Waals surface area contributed by atoms with Crippen molar-refractivity contribution in [1.82, 2.24) is 4.90 Å². The van der Waals surface area contributed by atoms with Crippen molar-refractivity contribution in [3.05, 3.63) is 65.4 Å². The van der Waals surface area contributed by atoms with E-state index in [1.165, 1.54) is 0 Å². The first kappa shape index (κ1) is 19.5. The van der Waals surface area contributed by atoms with Crippen molar-refractivity contribution in [3.8, 4) is 11.5 Å². The first-order valence-electron chi connectivity index (χ1n) is 10.7. The summed E-state index contributed by atoms with van der Waals surface area (Å²) >= 11 is 0. The summed E-state index contributed by atoms with van der Waals surface area (Å²) in [7, 11) is 3.10. The second-order valence-electron chi connectivity index (χ2n) is 8.56. The van der Waals surface area contributed by atoms with Crippen molar-refractivity contribution >= 4 is 17.6 Å². The molecule has 3 saturated heterocycles. The maximum Gasteiger partial charge on any atom is 0.218 e. The highest BCUT2D eigenvalue weighted by Gasteiger charge is 2.63. The van der Waals surface area contributed by atoms with E-state index in [1.54, 1.807) is 32.4 Å². The summed E-state index contributed by atoms with van der Waals surface area (Å²) in [4.78, 5) is 29.4. The van der Waals surface area contributed by atoms with Gasteiger partial charge in [-0.15, -0.1) is 0 Å². The third-order valence-corrected chi connectivity index (χ3v) is 7.14. The summed E-state index contributed by atoms with van der Waals surface area (Å²) in [6.07, 6.45) is 2.83. The van der Waals surface area contributed by atoms with Crippen LogP contribution in [0.25, 0.3) is 6.08 Å². The number of methoxy groups -OCH3 is 2. The second-order valence-corrected chi connectivity index (χ2v) is 8.56. The molecule has 6 rings (SSSR count). The highest BCUT2D eigenvalue weighted by atomic mass is 16.7. The molecule has 0 saturated carbocycles. The summed E-state index contributed by atoms with van der Waals surface area (Å²) in [6.45, 7) is 0.319. The molecule has 0 aromatic heterocycles. The Bertz CT molecular complexity index is 1140. The van der Waals surface area contributed by atoms with E-state index in [4.69, 9.17) is 18.9 Å². The van der Waals surface area contributed by atoms with Crippen LogP contribution in [0, 0.1) is 11.8 Å². The molecule has 2 bridgehead atoms. The predicted octanol–water partition coefficient (Wildman–Crippen LogP) is 2.85. The molecule has 2 aromatic carbocycles. The lowest BCUT2D eigenvalue weighted by Gasteiger charge is -2.34. The predicted molar refractivity (Wildman–Crippen MR) is 114 cm³/mol. The van der Waals surface area contributed by atoms with Crippen LogP contribution in [-0.2, 0) is 14.3 Å². The van der Waals surface area contributed by atoms with Crippen molar-refractivity contribution in [3.63, 3.8) is 0 Å². The number of rotatable bonds is 4. The quantitative estimate of drug-likeness (QED) is 0.687. The fraction of sp³-hybridized carbons (Fsp3) is 0.360. The molecule has 3 fully saturated rings. The van der Waals surface area contributed by atoms with Crippen molar-refractivity contribution in [1.29, 1.82) is 0 Å². The van der Waals surface area contributed by atoms with Crippen LogP contribution in [0.1, 0.15) is 27.5 Å². The maximum absolute atomic E-state index is 13.9. The van der Waals surface area contributed by atoms with Gasteiger partial charge >= 0.3 is 0 Å². The normalized spacial score (nSPS) is 31.7. The van der Waals surface area contributed by atoms with Crippen LogP contribution in [0.5, 0.6) is 11.5 Å². The number of Topliss-reactive ketones (excluding diaryl/α,β-unsaturated/α-hetero) is 2. The fourth-order valence-electron chi connectivity index (χ4n) is 5.78. The minimum Gasteiger partial charge on any atom is -0.493 e. The van der Waals surface area contributed by atoms with Gasteiger partial charge in [-0.2, -0.15) is 0 Å². The van der Waals surface area contributed by atoms with Crippen LogP contribution >= 0.6 is 0 Å². The van der Waals surface area contributed by atoms with Crippen LogP contribution in [-0.4, -0.2) is 55.7 Å². The molecule has 4 aliphatic heterocycles. The van der Waals surface area contributed by atoms with E-state index in [2.05, 4.69) is 4.90 Å². The molecular weight excluding hydrogens is 410 g/mol. The smallest absolute Gasteiger partial charge is 0.218 e. The van der Waals surface area contributed by atoms with E-state index in [1.807, 2.05) is 36.5 Å². The van der Waals surface area contributed by atoms with E-state index in [-0.39, 0.29) is 35.5 Å². The van der Waals surface area contributed by atoms with E-state index < -0.39 is 12.3 Å². The van der Waals surface area contributed by atoms with Crippen LogP contribution in [0.15, 0.2) is 48.7 Å². The molecule has 7 heteroatoms. The lowest BCUT2D eigenvalue weighted by molar-refractivity contribution is -0.164. The molecular formula is C25H23NO6. The Morgan fingerprint density at radius 2 is 1.91 bits per heavy atom. The Kier molecular flexibility index (Phi) is 4.38. The summed E-state index contributed by atoms with van der Waals surface area (Å²) in [5.74, 6) is 0.218. The number of hydrogen-bond donors (Lipinski definition) is 0. The maximum atomic E-state index is 13.9. The first-order valence-corrected chi connectivity index (χ1v) is 10.7. The molecule has 0 spiro atoms. The highest BCUT2D eigenvalue weighted by molar-refractivity contribution is 6.02. The molecule has 4 heterocycles. The number of carbonyl (C=O) groups excluding carboxylic acids is 2. The van der Waals surface area contributed by atoms with Crippen molar-refractivity contribution in [2.75, 3.05) is 20.8 Å². The zero-order valence-corrected chi connectivity index (χ0v) is 17.8. The molecule has 32 heavy (non-hydrogen) atoms. The molecule has 6 atom stereocenters. The lowest BCUT2D eigenvalue weighted by Crippen LogP contribution is -2.48. The second kappa shape index (κ2) is 7.18. The summed E-state index contributed by atoms with van der Waals surface area (Å²) in [6, 6.07) is 12.4. The number of benzene rings is 2. The van der Waals surface area contributed by atoms with E-state index >= 15 is 0 Å². The lowest BCUT2D eigenvalue weighted by atomic mass is 9.75. The third kappa shape index (κ3) is 2.61. The van der Waals surface area contributed by atoms with Gasteiger partial charge in [0, 0.05) is 17.7 Å². The minimum atomic E-state index is -0.837. The van der Waals surface area contributed by atoms with Gasteiger partial charge in [-0.3, -0.25) is 9.59 Å². The Morgan fingerprint density at radius 3 is 2.72 bits per heavy atom. The molecule has 0 aliphatic carbocycles. The SMILES string of the molecule is COc1ccc(C(=O)[C@@H]2[C@@H]3[C@@H](C(=O)[C@@H]4OC[C@@H]3O4)[C@@H]3c4ccccc4C=CN23)cc1OC. The van der Waals surface area contributed by atoms with Crippen molar-refractivity contribution in [2.24, 2.45) is 11.8 Å². The van der Waals surface area contributed by atoms with E-state index in [0.717, 1.165) is 11.1 Å². The molecule has 4 aliphatic rings. The fourth-order valence-corrected chi connectivity index (χ4v) is 5.78. The van der Waals surface area contributed by atoms with E-state index in [0.29, 0.717) is 23.7 Å². The van der Waals surface area contributed by atoms with Gasteiger partial charge in [0.15, 0.2) is 23.1 Å². The standard InChI is InChI=1S/C25H23NO6/c1-29-16-8-7-14(11-17(16)30-2)23(27)22-19-18-12-31-25(32-18)24(28)20(19)21-15-6-4-3-5-13(15)9-10-26(21)22/h3-11,18-22,25H,12H2,1-2H3/t18-,19-,20+,21-,22-,25+/m0/s1. The largest absolute Gasteiger partial charge is 0.493 e. The average Bonchev–Trinajstić information content (AvgIpc) is 3.43. The van der Waals surface area contributed by atoms with Gasteiger partial charge < -0.3 is 23.8 Å². The zero-order valence-electron chi connectivity index (χ0n) is 17.8. The van der Waals surface area contributed by atoms with Gasteiger partial charge in [-0.1, -0.05) is 24.3 Å². The van der Waals surface area contributed by atoms with E-state index in [9.17, 15) is 9.59 Å². The number of fused-ring (bicyclic) bond motifs is 8. The summed E-state index contributed by atoms with van der Waals surface area (Å²) in [5, 5.41) is 0. The summed E-state index contributed by atoms with van der Waals surface area (Å²) < 4.78 is 22.3. The number of nitrogens with zero attached hydrogens (tertiary/aromatic N) is 1. The van der Waals surface area contributed by atoms with Gasteiger partial charge in [-0.25, -0.2) is 0 Å². The minimum absolute atomic E-state index is 0.0748. The average molecular weight is 433 g/mol. The Balaban J connectivity index is 1.47. The van der Waals surface area contributed by atoms with Gasteiger partial charge in [0.2, 0.25) is 6.29 Å². The van der Waals surface area contributed by atoms with Crippen molar-refractivity contribution in [2.45, 2.75) is 24.5 Å². The molecule has 0 unspecified atom stereocenters. The zero-order chi connectivity index (χ0) is 22.0. The highest BCUT2D eigenvalue weighted by Crippen LogP contribution is 2.54. The topological polar surface area (TPSA) is 74.3 Å². The van der Waals surface area contributed by atoms with Gasteiger partial charge in [-0.05, 0) is 35.4 Å². The number of ketones is 2. The molecule has 7 nitrogen and oxygen atoms in total. The van der Waals surface area contributed by atoms with Crippen molar-refractivity contribution < 1.29 is 28.5 Å². The molecule has 2 aromatic rings. The molecule has 0 amide bonds. The number of carbonyl (C=O) groups is 2.